The van der Waals surface area contributed by atoms with Gasteiger partial charge in [-0.25, -0.2) is 12.8 Å². The molecule has 1 aliphatic heterocycles. The zero-order chi connectivity index (χ0) is 17.5. The van der Waals surface area contributed by atoms with Gasteiger partial charge in [-0.3, -0.25) is 0 Å². The summed E-state index contributed by atoms with van der Waals surface area (Å²) in [6.07, 6.45) is 1.50. The molecule has 3 rings (SSSR count). The molecule has 0 aliphatic carbocycles. The first-order valence-corrected chi connectivity index (χ1v) is 9.60. The number of halogens is 1. The summed E-state index contributed by atoms with van der Waals surface area (Å²) in [5, 5.41) is 0. The molecular weight excluding hydrogens is 325 g/mol. The standard InChI is InChI=1S/C19H22FNO2S/c1-13-10-14(2)19(15(3)11-13)24(22,23)21-9-5-8-18(21)16-6-4-7-17(20)12-16/h4,6-7,10-12,18H,5,8-9H2,1-3H3/t18-/m0/s1. The SMILES string of the molecule is Cc1cc(C)c(S(=O)(=O)N2CCC[C@H]2c2cccc(F)c2)c(C)c1. The normalized spacial score (nSPS) is 18.9. The molecule has 0 aromatic heterocycles. The Morgan fingerprint density at radius 1 is 1.08 bits per heavy atom. The molecule has 0 N–H and O–H groups in total. The number of rotatable bonds is 3. The lowest BCUT2D eigenvalue weighted by atomic mass is 10.1. The minimum absolute atomic E-state index is 0.300. The van der Waals surface area contributed by atoms with Crippen molar-refractivity contribution < 1.29 is 12.8 Å². The smallest absolute Gasteiger partial charge is 0.207 e. The van der Waals surface area contributed by atoms with Crippen LogP contribution in [-0.2, 0) is 10.0 Å². The predicted octanol–water partition coefficient (Wildman–Crippen LogP) is 4.28. The fourth-order valence-corrected chi connectivity index (χ4v) is 5.86. The van der Waals surface area contributed by atoms with E-state index in [0.29, 0.717) is 17.9 Å². The van der Waals surface area contributed by atoms with Gasteiger partial charge in [0.25, 0.3) is 0 Å². The number of benzene rings is 2. The first-order valence-electron chi connectivity index (χ1n) is 8.16. The van der Waals surface area contributed by atoms with E-state index in [0.717, 1.165) is 28.7 Å². The van der Waals surface area contributed by atoms with Crippen LogP contribution in [0.2, 0.25) is 0 Å². The maximum absolute atomic E-state index is 13.6. The van der Waals surface area contributed by atoms with Crippen molar-refractivity contribution in [1.82, 2.24) is 4.31 Å². The van der Waals surface area contributed by atoms with Gasteiger partial charge in [-0.1, -0.05) is 29.8 Å². The van der Waals surface area contributed by atoms with E-state index in [9.17, 15) is 12.8 Å². The van der Waals surface area contributed by atoms with Gasteiger partial charge >= 0.3 is 0 Å². The van der Waals surface area contributed by atoms with Gasteiger partial charge in [0.2, 0.25) is 10.0 Å². The average molecular weight is 347 g/mol. The molecule has 0 bridgehead atoms. The van der Waals surface area contributed by atoms with Crippen molar-refractivity contribution in [3.8, 4) is 0 Å². The molecule has 0 amide bonds. The number of aryl methyl sites for hydroxylation is 3. The van der Waals surface area contributed by atoms with Crippen LogP contribution in [0.3, 0.4) is 0 Å². The van der Waals surface area contributed by atoms with Crippen LogP contribution < -0.4 is 0 Å². The summed E-state index contributed by atoms with van der Waals surface area (Å²) in [5.41, 5.74) is 3.29. The van der Waals surface area contributed by atoms with E-state index in [2.05, 4.69) is 0 Å². The third kappa shape index (κ3) is 2.98. The highest BCUT2D eigenvalue weighted by molar-refractivity contribution is 7.89. The van der Waals surface area contributed by atoms with Crippen molar-refractivity contribution in [2.45, 2.75) is 44.6 Å². The molecule has 0 unspecified atom stereocenters. The molecular formula is C19H22FNO2S. The minimum Gasteiger partial charge on any atom is -0.207 e. The van der Waals surface area contributed by atoms with Crippen LogP contribution in [0.25, 0.3) is 0 Å². The first-order chi connectivity index (χ1) is 11.3. The lowest BCUT2D eigenvalue weighted by Gasteiger charge is -2.26. The minimum atomic E-state index is -3.62. The van der Waals surface area contributed by atoms with Crippen molar-refractivity contribution in [2.24, 2.45) is 0 Å². The van der Waals surface area contributed by atoms with E-state index < -0.39 is 10.0 Å². The van der Waals surface area contributed by atoms with E-state index in [1.165, 1.54) is 16.4 Å². The van der Waals surface area contributed by atoms with Gasteiger partial charge < -0.3 is 0 Å². The molecule has 128 valence electrons. The number of sulfonamides is 1. The molecule has 0 saturated carbocycles. The Kier molecular flexibility index (Phi) is 4.49. The third-order valence-electron chi connectivity index (χ3n) is 4.61. The topological polar surface area (TPSA) is 37.4 Å². The molecule has 1 saturated heterocycles. The van der Waals surface area contributed by atoms with Crippen molar-refractivity contribution in [3.63, 3.8) is 0 Å². The number of nitrogens with zero attached hydrogens (tertiary/aromatic N) is 1. The summed E-state index contributed by atoms with van der Waals surface area (Å²) in [6, 6.07) is 9.75. The van der Waals surface area contributed by atoms with Crippen LogP contribution in [-0.4, -0.2) is 19.3 Å². The van der Waals surface area contributed by atoms with E-state index in [1.807, 2.05) is 32.9 Å². The van der Waals surface area contributed by atoms with Gasteiger partial charge in [0, 0.05) is 6.54 Å². The largest absolute Gasteiger partial charge is 0.244 e. The summed E-state index contributed by atoms with van der Waals surface area (Å²) in [4.78, 5) is 0.386. The molecule has 5 heteroatoms. The van der Waals surface area contributed by atoms with E-state index >= 15 is 0 Å². The summed E-state index contributed by atoms with van der Waals surface area (Å²) in [6.45, 7) is 6.10. The molecule has 1 atom stereocenters. The second-order valence-electron chi connectivity index (χ2n) is 6.56. The van der Waals surface area contributed by atoms with Gasteiger partial charge in [0.15, 0.2) is 0 Å². The number of hydrogen-bond donors (Lipinski definition) is 0. The number of hydrogen-bond acceptors (Lipinski definition) is 2. The second kappa shape index (κ2) is 6.30. The molecule has 0 spiro atoms. The second-order valence-corrected chi connectivity index (χ2v) is 8.38. The monoisotopic (exact) mass is 347 g/mol. The fourth-order valence-electron chi connectivity index (χ4n) is 3.77. The molecule has 1 aliphatic rings. The predicted molar refractivity (Wildman–Crippen MR) is 92.9 cm³/mol. The fraction of sp³-hybridized carbons (Fsp3) is 0.368. The average Bonchev–Trinajstić information content (AvgIpc) is 2.96. The molecule has 1 heterocycles. The van der Waals surface area contributed by atoms with Crippen molar-refractivity contribution in [3.05, 3.63) is 64.5 Å². The Balaban J connectivity index is 2.06. The van der Waals surface area contributed by atoms with Crippen molar-refractivity contribution in [1.29, 1.82) is 0 Å². The molecule has 0 radical (unpaired) electrons. The highest BCUT2D eigenvalue weighted by Gasteiger charge is 2.37. The third-order valence-corrected chi connectivity index (χ3v) is 6.82. The maximum atomic E-state index is 13.6. The van der Waals surface area contributed by atoms with Crippen LogP contribution in [0, 0.1) is 26.6 Å². The summed E-state index contributed by atoms with van der Waals surface area (Å²) in [5.74, 6) is -0.334. The first kappa shape index (κ1) is 17.1. The van der Waals surface area contributed by atoms with Crippen LogP contribution in [0.4, 0.5) is 4.39 Å². The van der Waals surface area contributed by atoms with Gasteiger partial charge in [0.1, 0.15) is 5.82 Å². The summed E-state index contributed by atoms with van der Waals surface area (Å²) >= 11 is 0. The van der Waals surface area contributed by atoms with Crippen LogP contribution in [0.15, 0.2) is 41.3 Å². The van der Waals surface area contributed by atoms with Gasteiger partial charge in [-0.05, 0) is 62.4 Å². The Morgan fingerprint density at radius 3 is 2.38 bits per heavy atom. The van der Waals surface area contributed by atoms with Gasteiger partial charge in [-0.15, -0.1) is 0 Å². The summed E-state index contributed by atoms with van der Waals surface area (Å²) < 4.78 is 41.7. The molecule has 24 heavy (non-hydrogen) atoms. The molecule has 2 aromatic carbocycles. The molecule has 3 nitrogen and oxygen atoms in total. The van der Waals surface area contributed by atoms with E-state index in [4.69, 9.17) is 0 Å². The van der Waals surface area contributed by atoms with Crippen molar-refractivity contribution in [2.75, 3.05) is 6.54 Å². The Labute approximate surface area is 143 Å². The van der Waals surface area contributed by atoms with Crippen LogP contribution in [0.5, 0.6) is 0 Å². The zero-order valence-corrected chi connectivity index (χ0v) is 15.0. The van der Waals surface area contributed by atoms with E-state index in [1.54, 1.807) is 12.1 Å². The van der Waals surface area contributed by atoms with Crippen LogP contribution >= 0.6 is 0 Å². The zero-order valence-electron chi connectivity index (χ0n) is 14.2. The van der Waals surface area contributed by atoms with Gasteiger partial charge in [-0.2, -0.15) is 4.31 Å². The molecule has 1 fully saturated rings. The lowest BCUT2D eigenvalue weighted by molar-refractivity contribution is 0.395. The highest BCUT2D eigenvalue weighted by atomic mass is 32.2. The van der Waals surface area contributed by atoms with Gasteiger partial charge in [0.05, 0.1) is 10.9 Å². The highest BCUT2D eigenvalue weighted by Crippen LogP contribution is 2.38. The quantitative estimate of drug-likeness (QED) is 0.831. The molecule has 2 aromatic rings. The van der Waals surface area contributed by atoms with Crippen LogP contribution in [0.1, 0.15) is 41.1 Å². The van der Waals surface area contributed by atoms with Crippen molar-refractivity contribution >= 4 is 10.0 Å². The lowest BCUT2D eigenvalue weighted by Crippen LogP contribution is -2.31. The maximum Gasteiger partial charge on any atom is 0.244 e. The Morgan fingerprint density at radius 2 is 1.75 bits per heavy atom. The Hall–Kier alpha value is -1.72. The Bertz CT molecular complexity index is 854. The van der Waals surface area contributed by atoms with E-state index in [-0.39, 0.29) is 11.9 Å². The summed E-state index contributed by atoms with van der Waals surface area (Å²) in [7, 11) is -3.62.